The molecule has 13 heteroatoms. The fourth-order valence-corrected chi connectivity index (χ4v) is 7.49. The van der Waals surface area contributed by atoms with Crippen molar-refractivity contribution in [3.8, 4) is 0 Å². The number of aliphatic hydroxyl groups is 2. The highest BCUT2D eigenvalue weighted by atomic mass is 32.1. The van der Waals surface area contributed by atoms with Crippen molar-refractivity contribution in [2.75, 3.05) is 52.5 Å². The molecule has 0 unspecified atom stereocenters. The SMILES string of the molecule is O=C1C[C@@H]2O[C@H](CN(C(=O)C3CCOCC3)C[C@@H]3CN(CCO3)C(=O)[C@@H]3C[C@@H](CN3Cc3ccsc3)N1)[C@@H](O)[C@H]2O. The van der Waals surface area contributed by atoms with Gasteiger partial charge >= 0.3 is 0 Å². The number of nitrogens with zero attached hydrogens (tertiary/aromatic N) is 3. The largest absolute Gasteiger partial charge is 0.388 e. The lowest BCUT2D eigenvalue weighted by atomic mass is 9.97. The Hall–Kier alpha value is -2.13. The Balaban J connectivity index is 1.26. The summed E-state index contributed by atoms with van der Waals surface area (Å²) in [7, 11) is 0. The fourth-order valence-electron chi connectivity index (χ4n) is 6.83. The molecule has 6 rings (SSSR count). The molecule has 0 radical (unpaired) electrons. The van der Waals surface area contributed by atoms with E-state index in [0.717, 1.165) is 5.56 Å². The molecular weight excluding hydrogens is 552 g/mol. The summed E-state index contributed by atoms with van der Waals surface area (Å²) in [5, 5.41) is 28.7. The van der Waals surface area contributed by atoms with E-state index >= 15 is 0 Å². The minimum Gasteiger partial charge on any atom is -0.388 e. The van der Waals surface area contributed by atoms with Gasteiger partial charge in [0.2, 0.25) is 17.7 Å². The topological polar surface area (TPSA) is 141 Å². The summed E-state index contributed by atoms with van der Waals surface area (Å²) in [6, 6.07) is 1.42. The van der Waals surface area contributed by atoms with E-state index in [2.05, 4.69) is 15.6 Å². The van der Waals surface area contributed by atoms with Crippen molar-refractivity contribution in [2.24, 2.45) is 5.92 Å². The fraction of sp³-hybridized carbons (Fsp3) is 0.750. The van der Waals surface area contributed by atoms with Gasteiger partial charge < -0.3 is 39.5 Å². The standard InChI is InChI=1S/C28H40N4O8S/c33-24-10-22-25(34)26(35)23(40-22)15-32(27(36)18-1-5-38-6-2-18)14-20-13-30(4-7-39-20)28(37)21-9-19(29-24)12-31(21)11-17-3-8-41-16-17/h3,8,16,18-23,25-26,34-35H,1-2,4-7,9-15H2,(H,29,33)/t19-,20-,21-,22-,23+,25-,26+/m0/s1. The zero-order valence-corrected chi connectivity index (χ0v) is 24.0. The predicted octanol–water partition coefficient (Wildman–Crippen LogP) is -0.817. The molecule has 41 heavy (non-hydrogen) atoms. The molecule has 6 heterocycles. The molecule has 5 fully saturated rings. The monoisotopic (exact) mass is 592 g/mol. The molecule has 1 aromatic rings. The molecule has 0 spiro atoms. The van der Waals surface area contributed by atoms with Crippen LogP contribution in [0.2, 0.25) is 0 Å². The van der Waals surface area contributed by atoms with Gasteiger partial charge in [-0.1, -0.05) is 0 Å². The number of carbonyl (C=O) groups is 3. The summed E-state index contributed by atoms with van der Waals surface area (Å²) < 4.78 is 17.5. The number of hydrogen-bond donors (Lipinski definition) is 3. The summed E-state index contributed by atoms with van der Waals surface area (Å²) in [5.74, 6) is -0.589. The van der Waals surface area contributed by atoms with Gasteiger partial charge in [-0.15, -0.1) is 0 Å². The normalized spacial score (nSPS) is 36.0. The zero-order valence-electron chi connectivity index (χ0n) is 23.1. The van der Waals surface area contributed by atoms with Crippen LogP contribution in [0.1, 0.15) is 31.2 Å². The third kappa shape index (κ3) is 6.46. The van der Waals surface area contributed by atoms with Crippen LogP contribution in [0, 0.1) is 5.92 Å². The summed E-state index contributed by atoms with van der Waals surface area (Å²) in [6.45, 7) is 3.60. The molecule has 6 bridgehead atoms. The van der Waals surface area contributed by atoms with Crippen LogP contribution in [0.15, 0.2) is 16.8 Å². The summed E-state index contributed by atoms with van der Waals surface area (Å²) in [5.41, 5.74) is 1.12. The lowest BCUT2D eigenvalue weighted by Crippen LogP contribution is -2.56. The second-order valence-electron chi connectivity index (χ2n) is 11.9. The van der Waals surface area contributed by atoms with Gasteiger partial charge in [-0.2, -0.15) is 11.3 Å². The van der Waals surface area contributed by atoms with Crippen molar-refractivity contribution in [2.45, 2.75) is 74.8 Å². The van der Waals surface area contributed by atoms with E-state index in [4.69, 9.17) is 14.2 Å². The highest BCUT2D eigenvalue weighted by molar-refractivity contribution is 7.07. The average Bonchev–Trinajstić information content (AvgIpc) is 3.70. The number of fused-ring (bicyclic) bond motifs is 6. The Morgan fingerprint density at radius 1 is 1.05 bits per heavy atom. The maximum atomic E-state index is 13.9. The number of thiophene rings is 1. The molecule has 3 N–H and O–H groups in total. The van der Waals surface area contributed by atoms with Crippen LogP contribution in [-0.4, -0.2) is 138 Å². The molecule has 5 aliphatic rings. The van der Waals surface area contributed by atoms with E-state index in [1.807, 2.05) is 16.3 Å². The third-order valence-corrected chi connectivity index (χ3v) is 9.76. The van der Waals surface area contributed by atoms with E-state index in [9.17, 15) is 24.6 Å². The number of morpholine rings is 1. The van der Waals surface area contributed by atoms with Crippen molar-refractivity contribution < 1.29 is 38.8 Å². The van der Waals surface area contributed by atoms with E-state index < -0.39 is 36.6 Å². The number of likely N-dealkylation sites (tertiary alicyclic amines) is 1. The highest BCUT2D eigenvalue weighted by Crippen LogP contribution is 2.29. The summed E-state index contributed by atoms with van der Waals surface area (Å²) in [6.07, 6.45) is -3.08. The van der Waals surface area contributed by atoms with Crippen molar-refractivity contribution >= 4 is 29.1 Å². The van der Waals surface area contributed by atoms with Gasteiger partial charge in [0, 0.05) is 64.4 Å². The second kappa shape index (κ2) is 12.6. The zero-order chi connectivity index (χ0) is 28.5. The van der Waals surface area contributed by atoms with E-state index in [0.29, 0.717) is 65.3 Å². The number of ether oxygens (including phenoxy) is 3. The van der Waals surface area contributed by atoms with E-state index in [1.165, 1.54) is 0 Å². The number of nitrogens with one attached hydrogen (secondary N) is 1. The molecular formula is C28H40N4O8S. The first-order valence-corrected chi connectivity index (χ1v) is 15.6. The molecule has 0 saturated carbocycles. The van der Waals surface area contributed by atoms with Crippen LogP contribution in [0.25, 0.3) is 0 Å². The summed E-state index contributed by atoms with van der Waals surface area (Å²) in [4.78, 5) is 46.3. The van der Waals surface area contributed by atoms with Crippen molar-refractivity contribution in [1.82, 2.24) is 20.0 Å². The molecule has 5 saturated heterocycles. The molecule has 5 aliphatic heterocycles. The third-order valence-electron chi connectivity index (χ3n) is 9.02. The van der Waals surface area contributed by atoms with Crippen LogP contribution in [-0.2, 0) is 35.1 Å². The van der Waals surface area contributed by atoms with Crippen molar-refractivity contribution in [3.05, 3.63) is 22.4 Å². The van der Waals surface area contributed by atoms with Gasteiger partial charge in [0.1, 0.15) is 18.3 Å². The first kappa shape index (κ1) is 29.0. The van der Waals surface area contributed by atoms with Gasteiger partial charge in [0.05, 0.1) is 31.3 Å². The molecule has 226 valence electrons. The first-order chi connectivity index (χ1) is 19.9. The van der Waals surface area contributed by atoms with Gasteiger partial charge in [0.25, 0.3) is 0 Å². The molecule has 3 amide bonds. The minimum absolute atomic E-state index is 0.00826. The minimum atomic E-state index is -1.25. The lowest BCUT2D eigenvalue weighted by Gasteiger charge is -2.39. The maximum absolute atomic E-state index is 13.9. The van der Waals surface area contributed by atoms with E-state index in [-0.39, 0.29) is 49.2 Å². The smallest absolute Gasteiger partial charge is 0.240 e. The Kier molecular flexibility index (Phi) is 8.92. The number of hydrogen-bond acceptors (Lipinski definition) is 10. The van der Waals surface area contributed by atoms with Gasteiger partial charge in [-0.05, 0) is 41.7 Å². The first-order valence-electron chi connectivity index (χ1n) is 14.7. The van der Waals surface area contributed by atoms with E-state index in [1.54, 1.807) is 16.2 Å². The maximum Gasteiger partial charge on any atom is 0.240 e. The van der Waals surface area contributed by atoms with Crippen molar-refractivity contribution in [3.63, 3.8) is 0 Å². The van der Waals surface area contributed by atoms with Gasteiger partial charge in [-0.3, -0.25) is 19.3 Å². The molecule has 7 atom stereocenters. The Morgan fingerprint density at radius 3 is 2.63 bits per heavy atom. The predicted molar refractivity (Wildman–Crippen MR) is 147 cm³/mol. The second-order valence-corrected chi connectivity index (χ2v) is 12.7. The Morgan fingerprint density at radius 2 is 1.85 bits per heavy atom. The molecule has 0 aromatic carbocycles. The Labute approximate surface area is 243 Å². The van der Waals surface area contributed by atoms with Crippen LogP contribution in [0.3, 0.4) is 0 Å². The molecule has 1 aromatic heterocycles. The quantitative estimate of drug-likeness (QED) is 0.411. The molecule has 0 aliphatic carbocycles. The van der Waals surface area contributed by atoms with Crippen molar-refractivity contribution in [1.29, 1.82) is 0 Å². The average molecular weight is 593 g/mol. The van der Waals surface area contributed by atoms with Crippen LogP contribution < -0.4 is 5.32 Å². The lowest BCUT2D eigenvalue weighted by molar-refractivity contribution is -0.150. The highest BCUT2D eigenvalue weighted by Gasteiger charge is 2.47. The number of aliphatic hydroxyl groups excluding tert-OH is 2. The number of amides is 3. The van der Waals surface area contributed by atoms with Gasteiger partial charge in [0.15, 0.2) is 0 Å². The van der Waals surface area contributed by atoms with Gasteiger partial charge in [-0.25, -0.2) is 0 Å². The van der Waals surface area contributed by atoms with Crippen LogP contribution >= 0.6 is 11.3 Å². The van der Waals surface area contributed by atoms with Crippen LogP contribution in [0.5, 0.6) is 0 Å². The Bertz CT molecular complexity index is 1090. The number of carbonyl (C=O) groups excluding carboxylic acids is 3. The summed E-state index contributed by atoms with van der Waals surface area (Å²) >= 11 is 1.61. The number of rotatable bonds is 3. The van der Waals surface area contributed by atoms with Crippen LogP contribution in [0.4, 0.5) is 0 Å². The molecule has 12 nitrogen and oxygen atoms in total.